The van der Waals surface area contributed by atoms with E-state index in [1.807, 2.05) is 4.90 Å². The van der Waals surface area contributed by atoms with Crippen molar-refractivity contribution in [2.75, 3.05) is 13.1 Å². The van der Waals surface area contributed by atoms with Crippen LogP contribution in [0.2, 0.25) is 0 Å². The second-order valence-corrected chi connectivity index (χ2v) is 6.56. The maximum absolute atomic E-state index is 12.4. The Balaban J connectivity index is 1.82. The molecule has 2 aliphatic rings. The maximum atomic E-state index is 12.4. The number of amides is 2. The quantitative estimate of drug-likeness (QED) is 0.792. The van der Waals surface area contributed by atoms with Crippen molar-refractivity contribution >= 4 is 12.0 Å². The number of likely N-dealkylation sites (tertiary alicyclic amines) is 1. The summed E-state index contributed by atoms with van der Waals surface area (Å²) in [6.45, 7) is 3.82. The molecular formula is C16H28N2O3. The van der Waals surface area contributed by atoms with Gasteiger partial charge in [0.15, 0.2) is 0 Å². The summed E-state index contributed by atoms with van der Waals surface area (Å²) in [6.07, 6.45) is 7.92. The lowest BCUT2D eigenvalue weighted by atomic mass is 9.96. The highest BCUT2D eigenvalue weighted by molar-refractivity contribution is 5.76. The second kappa shape index (κ2) is 7.66. The number of hydrogen-bond acceptors (Lipinski definition) is 2. The van der Waals surface area contributed by atoms with Crippen LogP contribution in [0, 0.1) is 11.8 Å². The Morgan fingerprint density at radius 2 is 2.00 bits per heavy atom. The normalized spacial score (nSPS) is 24.2. The molecule has 2 unspecified atom stereocenters. The minimum absolute atomic E-state index is 0.0444. The number of carboxylic acids is 1. The zero-order valence-corrected chi connectivity index (χ0v) is 13.0. The Morgan fingerprint density at radius 1 is 1.24 bits per heavy atom. The first-order valence-corrected chi connectivity index (χ1v) is 8.37. The van der Waals surface area contributed by atoms with Gasteiger partial charge in [0.1, 0.15) is 0 Å². The predicted octanol–water partition coefficient (Wildman–Crippen LogP) is 2.85. The van der Waals surface area contributed by atoms with Gasteiger partial charge in [-0.05, 0) is 43.9 Å². The van der Waals surface area contributed by atoms with Crippen LogP contribution in [0.4, 0.5) is 4.79 Å². The van der Waals surface area contributed by atoms with Gasteiger partial charge in [0.05, 0.1) is 6.42 Å². The molecule has 0 aromatic carbocycles. The zero-order valence-electron chi connectivity index (χ0n) is 13.0. The van der Waals surface area contributed by atoms with E-state index >= 15 is 0 Å². The molecule has 21 heavy (non-hydrogen) atoms. The van der Waals surface area contributed by atoms with Crippen molar-refractivity contribution < 1.29 is 14.7 Å². The largest absolute Gasteiger partial charge is 0.481 e. The van der Waals surface area contributed by atoms with Crippen molar-refractivity contribution in [1.29, 1.82) is 0 Å². The summed E-state index contributed by atoms with van der Waals surface area (Å²) in [4.78, 5) is 25.1. The summed E-state index contributed by atoms with van der Waals surface area (Å²) in [7, 11) is 0. The second-order valence-electron chi connectivity index (χ2n) is 6.56. The van der Waals surface area contributed by atoms with Gasteiger partial charge in [-0.1, -0.05) is 19.8 Å². The van der Waals surface area contributed by atoms with E-state index in [1.165, 1.54) is 19.3 Å². The van der Waals surface area contributed by atoms with Crippen molar-refractivity contribution in [2.45, 2.75) is 64.3 Å². The molecule has 2 rings (SSSR count). The summed E-state index contributed by atoms with van der Waals surface area (Å²) in [5.41, 5.74) is 0. The minimum Gasteiger partial charge on any atom is -0.481 e. The third kappa shape index (κ3) is 5.21. The highest BCUT2D eigenvalue weighted by atomic mass is 16.4. The molecule has 0 radical (unpaired) electrons. The summed E-state index contributed by atoms with van der Waals surface area (Å²) in [6, 6.07) is -0.255. The molecular weight excluding hydrogens is 268 g/mol. The van der Waals surface area contributed by atoms with Crippen molar-refractivity contribution in [3.63, 3.8) is 0 Å². The zero-order chi connectivity index (χ0) is 15.2. The van der Waals surface area contributed by atoms with Crippen molar-refractivity contribution in [3.05, 3.63) is 0 Å². The first kappa shape index (κ1) is 16.1. The number of nitrogens with zero attached hydrogens (tertiary/aromatic N) is 1. The molecule has 1 saturated carbocycles. The van der Waals surface area contributed by atoms with E-state index < -0.39 is 5.97 Å². The van der Waals surface area contributed by atoms with Crippen LogP contribution in [0.15, 0.2) is 0 Å². The highest BCUT2D eigenvalue weighted by Gasteiger charge is 2.34. The third-order valence-corrected chi connectivity index (χ3v) is 4.73. The first-order chi connectivity index (χ1) is 10.1. The van der Waals surface area contributed by atoms with Crippen LogP contribution in [-0.2, 0) is 4.79 Å². The molecule has 5 nitrogen and oxygen atoms in total. The van der Waals surface area contributed by atoms with Crippen molar-refractivity contribution in [3.8, 4) is 0 Å². The summed E-state index contributed by atoms with van der Waals surface area (Å²) in [5.74, 6) is 0.280. The molecule has 1 aliphatic carbocycles. The van der Waals surface area contributed by atoms with Gasteiger partial charge in [0.25, 0.3) is 0 Å². The van der Waals surface area contributed by atoms with Crippen molar-refractivity contribution in [2.24, 2.45) is 11.8 Å². The molecule has 5 heteroatoms. The fourth-order valence-electron chi connectivity index (χ4n) is 3.34. The van der Waals surface area contributed by atoms with Gasteiger partial charge < -0.3 is 15.3 Å². The third-order valence-electron chi connectivity index (χ3n) is 4.73. The minimum atomic E-state index is -0.828. The van der Waals surface area contributed by atoms with E-state index in [0.717, 1.165) is 44.7 Å². The Hall–Kier alpha value is -1.26. The SMILES string of the molecule is CCCC1CCCN(C(=O)NC(CC(=O)O)C2CC2)CC1. The summed E-state index contributed by atoms with van der Waals surface area (Å²) >= 11 is 0. The topological polar surface area (TPSA) is 69.6 Å². The summed E-state index contributed by atoms with van der Waals surface area (Å²) < 4.78 is 0. The number of urea groups is 1. The van der Waals surface area contributed by atoms with Gasteiger partial charge in [-0.2, -0.15) is 0 Å². The van der Waals surface area contributed by atoms with Gasteiger partial charge in [0, 0.05) is 19.1 Å². The average Bonchev–Trinajstić information content (AvgIpc) is 3.25. The number of carbonyl (C=O) groups excluding carboxylic acids is 1. The molecule has 1 saturated heterocycles. The Bertz CT molecular complexity index is 369. The molecule has 2 N–H and O–H groups in total. The first-order valence-electron chi connectivity index (χ1n) is 8.37. The smallest absolute Gasteiger partial charge is 0.317 e. The molecule has 2 amide bonds. The molecule has 120 valence electrons. The lowest BCUT2D eigenvalue weighted by Crippen LogP contribution is -2.46. The Kier molecular flexibility index (Phi) is 5.88. The molecule has 0 spiro atoms. The number of aliphatic carboxylic acids is 1. The average molecular weight is 296 g/mol. The molecule has 2 atom stereocenters. The van der Waals surface area contributed by atoms with Crippen molar-refractivity contribution in [1.82, 2.24) is 10.2 Å². The van der Waals surface area contributed by atoms with Crippen LogP contribution in [0.25, 0.3) is 0 Å². The van der Waals surface area contributed by atoms with E-state index in [1.54, 1.807) is 0 Å². The van der Waals surface area contributed by atoms with Crippen LogP contribution in [0.5, 0.6) is 0 Å². The van der Waals surface area contributed by atoms with E-state index in [9.17, 15) is 9.59 Å². The van der Waals surface area contributed by atoms with E-state index in [-0.39, 0.29) is 18.5 Å². The molecule has 0 aromatic rings. The number of carboxylic acid groups (broad SMARTS) is 1. The lowest BCUT2D eigenvalue weighted by Gasteiger charge is -2.25. The predicted molar refractivity (Wildman–Crippen MR) is 81.1 cm³/mol. The Labute approximate surface area is 127 Å². The monoisotopic (exact) mass is 296 g/mol. The van der Waals surface area contributed by atoms with Crippen LogP contribution >= 0.6 is 0 Å². The number of hydrogen-bond donors (Lipinski definition) is 2. The van der Waals surface area contributed by atoms with Gasteiger partial charge in [-0.3, -0.25) is 4.79 Å². The number of carbonyl (C=O) groups is 2. The number of rotatable bonds is 6. The van der Waals surface area contributed by atoms with E-state index in [0.29, 0.717) is 5.92 Å². The fourth-order valence-corrected chi connectivity index (χ4v) is 3.34. The molecule has 1 heterocycles. The lowest BCUT2D eigenvalue weighted by molar-refractivity contribution is -0.137. The van der Waals surface area contributed by atoms with Gasteiger partial charge in [-0.15, -0.1) is 0 Å². The fraction of sp³-hybridized carbons (Fsp3) is 0.875. The molecule has 0 aromatic heterocycles. The Morgan fingerprint density at radius 3 is 2.62 bits per heavy atom. The van der Waals surface area contributed by atoms with E-state index in [4.69, 9.17) is 5.11 Å². The number of nitrogens with one attached hydrogen (secondary N) is 1. The standard InChI is InChI=1S/C16H28N2O3/c1-2-4-12-5-3-9-18(10-8-12)16(21)17-14(11-15(19)20)13-6-7-13/h12-14H,2-11H2,1H3,(H,17,21)(H,19,20). The van der Waals surface area contributed by atoms with Crippen LogP contribution in [0.1, 0.15) is 58.3 Å². The maximum Gasteiger partial charge on any atom is 0.317 e. The van der Waals surface area contributed by atoms with Crippen LogP contribution < -0.4 is 5.32 Å². The van der Waals surface area contributed by atoms with E-state index in [2.05, 4.69) is 12.2 Å². The highest BCUT2D eigenvalue weighted by Crippen LogP contribution is 2.34. The van der Waals surface area contributed by atoms with Gasteiger partial charge in [0.2, 0.25) is 0 Å². The summed E-state index contributed by atoms with van der Waals surface area (Å²) in [5, 5.41) is 11.9. The van der Waals surface area contributed by atoms with Crippen LogP contribution in [0.3, 0.4) is 0 Å². The van der Waals surface area contributed by atoms with Gasteiger partial charge in [-0.25, -0.2) is 4.79 Å². The van der Waals surface area contributed by atoms with Crippen LogP contribution in [-0.4, -0.2) is 41.1 Å². The van der Waals surface area contributed by atoms with Gasteiger partial charge >= 0.3 is 12.0 Å². The molecule has 2 fully saturated rings. The molecule has 1 aliphatic heterocycles. The molecule has 0 bridgehead atoms.